The molecule has 0 spiro atoms. The molecule has 0 radical (unpaired) electrons. The lowest BCUT2D eigenvalue weighted by atomic mass is 10.1. The van der Waals surface area contributed by atoms with E-state index in [9.17, 15) is 0 Å². The average Bonchev–Trinajstić information content (AvgIpc) is 3.13. The van der Waals surface area contributed by atoms with Crippen LogP contribution >= 0.6 is 11.3 Å². The van der Waals surface area contributed by atoms with Crippen LogP contribution in [-0.2, 0) is 4.74 Å². The fraction of sp³-hybridized carbons (Fsp3) is 0.312. The summed E-state index contributed by atoms with van der Waals surface area (Å²) in [5.74, 6) is 0. The molecule has 0 saturated carbocycles. The number of rotatable bonds is 2. The monoisotopic (exact) mass is 299 g/mol. The number of anilines is 1. The molecule has 1 aliphatic rings. The summed E-state index contributed by atoms with van der Waals surface area (Å²) in [5, 5.41) is 3.48. The van der Waals surface area contributed by atoms with E-state index in [1.54, 1.807) is 11.3 Å². The Morgan fingerprint density at radius 2 is 2.10 bits per heavy atom. The number of hydrogen-bond donors (Lipinski definition) is 1. The van der Waals surface area contributed by atoms with Crippen molar-refractivity contribution in [1.29, 1.82) is 0 Å². The Morgan fingerprint density at radius 3 is 2.95 bits per heavy atom. The average molecular weight is 299 g/mol. The van der Waals surface area contributed by atoms with Gasteiger partial charge in [0.1, 0.15) is 0 Å². The Balaban J connectivity index is 1.73. The lowest BCUT2D eigenvalue weighted by Gasteiger charge is -2.27. The zero-order valence-electron chi connectivity index (χ0n) is 11.9. The summed E-state index contributed by atoms with van der Waals surface area (Å²) in [6.07, 6.45) is 3.85. The molecule has 3 aromatic rings. The number of nitrogens with one attached hydrogen (secondary N) is 1. The van der Waals surface area contributed by atoms with Crippen LogP contribution in [-0.4, -0.2) is 36.3 Å². The van der Waals surface area contributed by atoms with Gasteiger partial charge in [0.15, 0.2) is 0 Å². The predicted octanol–water partition coefficient (Wildman–Crippen LogP) is 3.44. The molecule has 0 amide bonds. The fourth-order valence-corrected chi connectivity index (χ4v) is 3.79. The summed E-state index contributed by atoms with van der Waals surface area (Å²) in [4.78, 5) is 11.4. The number of nitrogens with zero attached hydrogens (tertiary/aromatic N) is 2. The van der Waals surface area contributed by atoms with E-state index >= 15 is 0 Å². The third-order valence-corrected chi connectivity index (χ3v) is 4.86. The lowest BCUT2D eigenvalue weighted by Crippen LogP contribution is -2.35. The van der Waals surface area contributed by atoms with Crippen LogP contribution in [0.4, 0.5) is 5.69 Å². The molecular weight excluding hydrogens is 282 g/mol. The number of aromatic amines is 1. The number of aromatic nitrogens is 2. The second kappa shape index (κ2) is 5.16. The number of H-pyrrole nitrogens is 1. The normalized spacial score (nSPS) is 15.8. The highest BCUT2D eigenvalue weighted by molar-refractivity contribution is 7.14. The van der Waals surface area contributed by atoms with Crippen molar-refractivity contribution in [3.05, 3.63) is 35.6 Å². The van der Waals surface area contributed by atoms with E-state index in [2.05, 4.69) is 39.3 Å². The van der Waals surface area contributed by atoms with Crippen molar-refractivity contribution >= 4 is 27.9 Å². The van der Waals surface area contributed by atoms with Crippen molar-refractivity contribution in [3.63, 3.8) is 0 Å². The van der Waals surface area contributed by atoms with Crippen LogP contribution in [0.1, 0.15) is 5.69 Å². The van der Waals surface area contributed by atoms with Crippen LogP contribution < -0.4 is 4.90 Å². The van der Waals surface area contributed by atoms with Gasteiger partial charge in [-0.2, -0.15) is 0 Å². The molecule has 4 nitrogen and oxygen atoms in total. The number of fused-ring (bicyclic) bond motifs is 1. The van der Waals surface area contributed by atoms with Crippen molar-refractivity contribution in [2.75, 3.05) is 31.2 Å². The topological polar surface area (TPSA) is 41.1 Å². The Kier molecular flexibility index (Phi) is 3.16. The molecule has 1 saturated heterocycles. The predicted molar refractivity (Wildman–Crippen MR) is 87.2 cm³/mol. The molecule has 1 aliphatic heterocycles. The summed E-state index contributed by atoms with van der Waals surface area (Å²) in [7, 11) is 0. The molecule has 0 bridgehead atoms. The summed E-state index contributed by atoms with van der Waals surface area (Å²) in [6.45, 7) is 5.67. The minimum Gasteiger partial charge on any atom is -0.378 e. The van der Waals surface area contributed by atoms with Crippen molar-refractivity contribution in [2.45, 2.75) is 6.92 Å². The second-order valence-electron chi connectivity index (χ2n) is 5.37. The molecule has 21 heavy (non-hydrogen) atoms. The van der Waals surface area contributed by atoms with Gasteiger partial charge >= 0.3 is 0 Å². The number of ether oxygens (including phenoxy) is 1. The first kappa shape index (κ1) is 12.9. The first-order chi connectivity index (χ1) is 10.3. The summed E-state index contributed by atoms with van der Waals surface area (Å²) >= 11 is 1.78. The van der Waals surface area contributed by atoms with Crippen molar-refractivity contribution in [1.82, 2.24) is 9.97 Å². The molecule has 108 valence electrons. The van der Waals surface area contributed by atoms with Crippen LogP contribution in [0.25, 0.3) is 21.3 Å². The van der Waals surface area contributed by atoms with Crippen molar-refractivity contribution in [3.8, 4) is 10.4 Å². The van der Waals surface area contributed by atoms with Gasteiger partial charge in [-0.1, -0.05) is 0 Å². The van der Waals surface area contributed by atoms with E-state index in [-0.39, 0.29) is 0 Å². The maximum atomic E-state index is 5.42. The Bertz CT molecular complexity index is 771. The van der Waals surface area contributed by atoms with E-state index < -0.39 is 0 Å². The van der Waals surface area contributed by atoms with Crippen LogP contribution in [0.15, 0.2) is 29.9 Å². The first-order valence-corrected chi connectivity index (χ1v) is 8.04. The zero-order valence-corrected chi connectivity index (χ0v) is 12.7. The minimum absolute atomic E-state index is 0.819. The van der Waals surface area contributed by atoms with Gasteiger partial charge < -0.3 is 14.6 Å². The van der Waals surface area contributed by atoms with E-state index in [1.165, 1.54) is 27.2 Å². The van der Waals surface area contributed by atoms with E-state index in [4.69, 9.17) is 4.74 Å². The molecule has 0 aliphatic carbocycles. The van der Waals surface area contributed by atoms with Crippen molar-refractivity contribution in [2.24, 2.45) is 0 Å². The van der Waals surface area contributed by atoms with Crippen LogP contribution in [0, 0.1) is 6.92 Å². The van der Waals surface area contributed by atoms with Crippen LogP contribution in [0.2, 0.25) is 0 Å². The third-order valence-electron chi connectivity index (χ3n) is 3.91. The van der Waals surface area contributed by atoms with Gasteiger partial charge in [0.05, 0.1) is 24.9 Å². The molecule has 0 atom stereocenters. The number of hydrogen-bond acceptors (Lipinski definition) is 4. The van der Waals surface area contributed by atoms with Gasteiger partial charge in [-0.15, -0.1) is 11.3 Å². The zero-order chi connectivity index (χ0) is 14.2. The van der Waals surface area contributed by atoms with Crippen LogP contribution in [0.3, 0.4) is 0 Å². The molecule has 4 rings (SSSR count). The molecule has 0 unspecified atom stereocenters. The molecule has 5 heteroatoms. The quantitative estimate of drug-likeness (QED) is 0.788. The number of aryl methyl sites for hydroxylation is 1. The highest BCUT2D eigenvalue weighted by atomic mass is 32.1. The largest absolute Gasteiger partial charge is 0.378 e. The Morgan fingerprint density at radius 1 is 1.24 bits per heavy atom. The van der Waals surface area contributed by atoms with Crippen LogP contribution in [0.5, 0.6) is 0 Å². The maximum Gasteiger partial charge on any atom is 0.0649 e. The van der Waals surface area contributed by atoms with Gasteiger partial charge in [-0.25, -0.2) is 0 Å². The molecule has 1 N–H and O–H groups in total. The molecule has 3 aromatic heterocycles. The summed E-state index contributed by atoms with van der Waals surface area (Å²) < 4.78 is 5.42. The SMILES string of the molecule is Cc1cc2c(-c3cc(N4CCOCC4)cs3)cncc2[nH]1. The molecule has 4 heterocycles. The second-order valence-corrected chi connectivity index (χ2v) is 6.28. The standard InChI is InChI=1S/C16H17N3OS/c1-11-6-13-14(8-17-9-15(13)18-11)16-7-12(10-21-16)19-2-4-20-5-3-19/h6-10,18H,2-5H2,1H3. The number of morpholine rings is 1. The number of thiophene rings is 1. The Labute approximate surface area is 127 Å². The Hall–Kier alpha value is -1.85. The van der Waals surface area contributed by atoms with Gasteiger partial charge in [-0.05, 0) is 19.1 Å². The molecular formula is C16H17N3OS. The number of pyridine rings is 1. The lowest BCUT2D eigenvalue weighted by molar-refractivity contribution is 0.123. The van der Waals surface area contributed by atoms with E-state index in [0.29, 0.717) is 0 Å². The summed E-state index contributed by atoms with van der Waals surface area (Å²) in [5.41, 5.74) is 4.78. The summed E-state index contributed by atoms with van der Waals surface area (Å²) in [6, 6.07) is 4.47. The highest BCUT2D eigenvalue weighted by Crippen LogP contribution is 2.35. The third kappa shape index (κ3) is 2.32. The van der Waals surface area contributed by atoms with E-state index in [1.807, 2.05) is 12.4 Å². The van der Waals surface area contributed by atoms with Gasteiger partial charge in [0.2, 0.25) is 0 Å². The van der Waals surface area contributed by atoms with Gasteiger partial charge in [-0.3, -0.25) is 4.98 Å². The maximum absolute atomic E-state index is 5.42. The molecule has 1 fully saturated rings. The van der Waals surface area contributed by atoms with Gasteiger partial charge in [0.25, 0.3) is 0 Å². The highest BCUT2D eigenvalue weighted by Gasteiger charge is 2.15. The molecule has 0 aromatic carbocycles. The first-order valence-electron chi connectivity index (χ1n) is 7.16. The van der Waals surface area contributed by atoms with E-state index in [0.717, 1.165) is 31.8 Å². The van der Waals surface area contributed by atoms with Crippen molar-refractivity contribution < 1.29 is 4.74 Å². The smallest absolute Gasteiger partial charge is 0.0649 e. The minimum atomic E-state index is 0.819. The fourth-order valence-electron chi connectivity index (χ4n) is 2.84. The van der Waals surface area contributed by atoms with Gasteiger partial charge in [0, 0.05) is 51.9 Å².